The van der Waals surface area contributed by atoms with Crippen molar-refractivity contribution in [1.29, 1.82) is 0 Å². The van der Waals surface area contributed by atoms with Gasteiger partial charge in [0.05, 0.1) is 11.0 Å². The Morgan fingerprint density at radius 1 is 1.25 bits per heavy atom. The maximum atomic E-state index is 12.1. The number of para-hydroxylation sites is 2. The van der Waals surface area contributed by atoms with E-state index < -0.39 is 0 Å². The van der Waals surface area contributed by atoms with Crippen LogP contribution in [0.2, 0.25) is 0 Å². The average molecular weight is 322 g/mol. The van der Waals surface area contributed by atoms with Gasteiger partial charge in [-0.05, 0) is 31.2 Å². The molecule has 0 spiro atoms. The van der Waals surface area contributed by atoms with E-state index in [0.29, 0.717) is 12.2 Å². The molecule has 0 saturated carbocycles. The van der Waals surface area contributed by atoms with Crippen molar-refractivity contribution < 1.29 is 9.21 Å². The summed E-state index contributed by atoms with van der Waals surface area (Å²) in [5, 5.41) is 6.00. The van der Waals surface area contributed by atoms with Crippen LogP contribution >= 0.6 is 0 Å². The van der Waals surface area contributed by atoms with Crippen LogP contribution in [-0.4, -0.2) is 26.2 Å². The van der Waals surface area contributed by atoms with Crippen LogP contribution in [0.4, 0.5) is 0 Å². The third-order valence-corrected chi connectivity index (χ3v) is 4.38. The molecule has 6 nitrogen and oxygen atoms in total. The number of carbonyl (C=O) groups excluding carboxylic acids is 1. The van der Waals surface area contributed by atoms with Crippen molar-refractivity contribution in [2.24, 2.45) is 12.1 Å². The van der Waals surface area contributed by atoms with E-state index in [1.807, 2.05) is 54.9 Å². The summed E-state index contributed by atoms with van der Waals surface area (Å²) >= 11 is 0. The molecule has 1 amide bonds. The van der Waals surface area contributed by atoms with Crippen LogP contribution in [0.1, 0.15) is 36.7 Å². The fourth-order valence-electron chi connectivity index (χ4n) is 3.20. The highest BCUT2D eigenvalue weighted by Gasteiger charge is 2.35. The van der Waals surface area contributed by atoms with Gasteiger partial charge in [0.1, 0.15) is 29.1 Å². The van der Waals surface area contributed by atoms with Crippen molar-refractivity contribution in [1.82, 2.24) is 14.6 Å². The van der Waals surface area contributed by atoms with E-state index in [9.17, 15) is 4.79 Å². The lowest BCUT2D eigenvalue weighted by Gasteiger charge is -2.19. The number of furan rings is 1. The normalized spacial score (nSPS) is 17.5. The van der Waals surface area contributed by atoms with Gasteiger partial charge in [-0.15, -0.1) is 0 Å². The Morgan fingerprint density at radius 2 is 2.04 bits per heavy atom. The van der Waals surface area contributed by atoms with E-state index in [4.69, 9.17) is 9.40 Å². The van der Waals surface area contributed by atoms with Gasteiger partial charge in [0.15, 0.2) is 0 Å². The molecule has 4 rings (SSSR count). The molecule has 0 N–H and O–H groups in total. The van der Waals surface area contributed by atoms with Crippen molar-refractivity contribution in [2.75, 3.05) is 0 Å². The van der Waals surface area contributed by atoms with Crippen LogP contribution in [-0.2, 0) is 11.8 Å². The Balaban J connectivity index is 1.77. The van der Waals surface area contributed by atoms with Crippen LogP contribution in [0, 0.1) is 6.92 Å². The first-order chi connectivity index (χ1) is 11.5. The molecule has 1 atom stereocenters. The highest BCUT2D eigenvalue weighted by Crippen LogP contribution is 2.33. The van der Waals surface area contributed by atoms with Crippen LogP contribution in [0.25, 0.3) is 11.0 Å². The number of aromatic nitrogens is 2. The highest BCUT2D eigenvalue weighted by molar-refractivity contribution is 6.01. The summed E-state index contributed by atoms with van der Waals surface area (Å²) in [5.41, 5.74) is 2.73. The number of hydrogen-bond acceptors (Lipinski definition) is 4. The Bertz CT molecular complexity index is 966. The smallest absolute Gasteiger partial charge is 0.240 e. The van der Waals surface area contributed by atoms with Gasteiger partial charge < -0.3 is 8.98 Å². The maximum absolute atomic E-state index is 12.1. The van der Waals surface area contributed by atoms with Crippen molar-refractivity contribution in [3.8, 4) is 0 Å². The summed E-state index contributed by atoms with van der Waals surface area (Å²) < 4.78 is 7.70. The largest absolute Gasteiger partial charge is 0.460 e. The number of aryl methyl sites for hydroxylation is 2. The summed E-state index contributed by atoms with van der Waals surface area (Å²) in [6, 6.07) is 11.5. The standard InChI is InChI=1S/C18H18N4O2/c1-11-8-9-17(24-11)14-10-16(22(20-14)12(2)23)18-19-13-6-4-5-7-15(13)21(18)3/h4-9,16H,10H2,1-3H3/t16-/m1/s1. The minimum Gasteiger partial charge on any atom is -0.460 e. The number of rotatable bonds is 2. The SMILES string of the molecule is CC(=O)N1N=C(c2ccc(C)o2)C[C@@H]1c1nc2ccccc2n1C. The number of carbonyl (C=O) groups is 1. The number of imidazole rings is 1. The number of amides is 1. The molecule has 1 aliphatic heterocycles. The average Bonchev–Trinajstić information content (AvgIpc) is 3.25. The van der Waals surface area contributed by atoms with Crippen LogP contribution in [0.15, 0.2) is 45.9 Å². The molecule has 0 radical (unpaired) electrons. The second-order valence-electron chi connectivity index (χ2n) is 6.06. The molecular weight excluding hydrogens is 304 g/mol. The molecule has 122 valence electrons. The van der Waals surface area contributed by atoms with E-state index in [1.54, 1.807) is 0 Å². The quantitative estimate of drug-likeness (QED) is 0.728. The first-order valence-corrected chi connectivity index (χ1v) is 7.90. The van der Waals surface area contributed by atoms with Crippen molar-refractivity contribution in [2.45, 2.75) is 26.3 Å². The first-order valence-electron chi connectivity index (χ1n) is 7.90. The lowest BCUT2D eigenvalue weighted by molar-refractivity contribution is -0.130. The number of fused-ring (bicyclic) bond motifs is 1. The molecule has 0 saturated heterocycles. The molecule has 1 aromatic carbocycles. The number of nitrogens with zero attached hydrogens (tertiary/aromatic N) is 4. The van der Waals surface area contributed by atoms with Gasteiger partial charge in [-0.25, -0.2) is 9.99 Å². The maximum Gasteiger partial charge on any atom is 0.240 e. The second kappa shape index (κ2) is 5.33. The van der Waals surface area contributed by atoms with E-state index in [1.165, 1.54) is 11.9 Å². The number of hydrazone groups is 1. The highest BCUT2D eigenvalue weighted by atomic mass is 16.3. The van der Waals surface area contributed by atoms with Gasteiger partial charge in [-0.1, -0.05) is 12.1 Å². The van der Waals surface area contributed by atoms with Gasteiger partial charge in [0.25, 0.3) is 0 Å². The Kier molecular flexibility index (Phi) is 3.26. The molecule has 24 heavy (non-hydrogen) atoms. The lowest BCUT2D eigenvalue weighted by atomic mass is 10.1. The topological polar surface area (TPSA) is 63.6 Å². The van der Waals surface area contributed by atoms with E-state index in [0.717, 1.165) is 28.3 Å². The van der Waals surface area contributed by atoms with E-state index in [2.05, 4.69) is 5.10 Å². The summed E-state index contributed by atoms with van der Waals surface area (Å²) in [4.78, 5) is 16.8. The fourth-order valence-corrected chi connectivity index (χ4v) is 3.20. The Labute approximate surface area is 139 Å². The van der Waals surface area contributed by atoms with Gasteiger partial charge in [0, 0.05) is 20.4 Å². The molecule has 3 heterocycles. The van der Waals surface area contributed by atoms with Gasteiger partial charge in [0.2, 0.25) is 5.91 Å². The number of benzene rings is 1. The monoisotopic (exact) mass is 322 g/mol. The zero-order valence-electron chi connectivity index (χ0n) is 13.9. The van der Waals surface area contributed by atoms with Gasteiger partial charge >= 0.3 is 0 Å². The summed E-state index contributed by atoms with van der Waals surface area (Å²) in [6.07, 6.45) is 0.587. The molecule has 0 bridgehead atoms. The van der Waals surface area contributed by atoms with Crippen LogP contribution < -0.4 is 0 Å². The summed E-state index contributed by atoms with van der Waals surface area (Å²) in [5.74, 6) is 2.26. The van der Waals surface area contributed by atoms with Gasteiger partial charge in [-0.3, -0.25) is 4.79 Å². The van der Waals surface area contributed by atoms with Crippen molar-refractivity contribution >= 4 is 22.7 Å². The van der Waals surface area contributed by atoms with Crippen molar-refractivity contribution in [3.63, 3.8) is 0 Å². The second-order valence-corrected chi connectivity index (χ2v) is 6.06. The van der Waals surface area contributed by atoms with Crippen LogP contribution in [0.5, 0.6) is 0 Å². The summed E-state index contributed by atoms with van der Waals surface area (Å²) in [7, 11) is 1.97. The number of hydrogen-bond donors (Lipinski definition) is 0. The molecule has 0 aliphatic carbocycles. The zero-order chi connectivity index (χ0) is 16.8. The third kappa shape index (κ3) is 2.22. The van der Waals surface area contributed by atoms with Crippen molar-refractivity contribution in [3.05, 3.63) is 53.7 Å². The lowest BCUT2D eigenvalue weighted by Crippen LogP contribution is -2.26. The minimum atomic E-state index is -0.222. The molecular formula is C18H18N4O2. The molecule has 6 heteroatoms. The molecule has 2 aromatic heterocycles. The zero-order valence-corrected chi connectivity index (χ0v) is 13.9. The van der Waals surface area contributed by atoms with E-state index >= 15 is 0 Å². The van der Waals surface area contributed by atoms with E-state index in [-0.39, 0.29) is 11.9 Å². The predicted molar refractivity (Wildman–Crippen MR) is 90.6 cm³/mol. The Hall–Kier alpha value is -2.89. The molecule has 0 fully saturated rings. The minimum absolute atomic E-state index is 0.106. The van der Waals surface area contributed by atoms with Gasteiger partial charge in [-0.2, -0.15) is 5.10 Å². The predicted octanol–water partition coefficient (Wildman–Crippen LogP) is 3.17. The summed E-state index contributed by atoms with van der Waals surface area (Å²) in [6.45, 7) is 3.42. The van der Waals surface area contributed by atoms with Crippen LogP contribution in [0.3, 0.4) is 0 Å². The molecule has 1 aliphatic rings. The Morgan fingerprint density at radius 3 is 2.71 bits per heavy atom. The molecule has 3 aromatic rings. The fraction of sp³-hybridized carbons (Fsp3) is 0.278. The molecule has 0 unspecified atom stereocenters. The third-order valence-electron chi connectivity index (χ3n) is 4.38. The first kappa shape index (κ1) is 14.7.